The lowest BCUT2D eigenvalue weighted by molar-refractivity contribution is -0.131. The number of fused-ring (bicyclic) bond motifs is 2. The molecule has 0 aliphatic carbocycles. The maximum absolute atomic E-state index is 12.9. The fraction of sp³-hybridized carbons (Fsp3) is 0.455. The fourth-order valence-corrected chi connectivity index (χ4v) is 5.06. The summed E-state index contributed by atoms with van der Waals surface area (Å²) in [6.07, 6.45) is 2.62. The Labute approximate surface area is 164 Å². The van der Waals surface area contributed by atoms with Crippen molar-refractivity contribution in [2.45, 2.75) is 37.5 Å². The van der Waals surface area contributed by atoms with E-state index < -0.39 is 0 Å². The van der Waals surface area contributed by atoms with E-state index in [4.69, 9.17) is 4.74 Å². The largest absolute Gasteiger partial charge is 0.376 e. The summed E-state index contributed by atoms with van der Waals surface area (Å²) in [4.78, 5) is 27.3. The first kappa shape index (κ1) is 17.6. The quantitative estimate of drug-likeness (QED) is 0.860. The zero-order valence-corrected chi connectivity index (χ0v) is 15.8. The van der Waals surface area contributed by atoms with Crippen LogP contribution in [0.3, 0.4) is 0 Å². The van der Waals surface area contributed by atoms with Crippen LogP contribution in [0.15, 0.2) is 42.5 Å². The molecule has 3 heterocycles. The van der Waals surface area contributed by atoms with Crippen LogP contribution in [0.2, 0.25) is 0 Å². The fourth-order valence-electron chi connectivity index (χ4n) is 5.06. The van der Waals surface area contributed by atoms with Gasteiger partial charge in [0.05, 0.1) is 24.7 Å². The maximum Gasteiger partial charge on any atom is 0.325 e. The molecule has 4 atom stereocenters. The van der Waals surface area contributed by atoms with Crippen molar-refractivity contribution < 1.29 is 14.3 Å². The zero-order chi connectivity index (χ0) is 19.1. The molecule has 0 saturated carbocycles. The summed E-state index contributed by atoms with van der Waals surface area (Å²) in [5, 5.41) is 8.41. The lowest BCUT2D eigenvalue weighted by Gasteiger charge is -2.47. The second-order valence-corrected chi connectivity index (χ2v) is 7.97. The summed E-state index contributed by atoms with van der Waals surface area (Å²) in [7, 11) is 0. The molecule has 0 bridgehead atoms. The molecule has 6 nitrogen and oxygen atoms in total. The first-order valence-corrected chi connectivity index (χ1v) is 10.2. The highest BCUT2D eigenvalue weighted by Crippen LogP contribution is 2.39. The normalized spacial score (nSPS) is 30.4. The SMILES string of the molecule is O=C1NC(=O)N(CC2CCCO2)C2NCCC(c3cccc4ccccc34)C12. The van der Waals surface area contributed by atoms with Crippen molar-refractivity contribution in [2.75, 3.05) is 19.7 Å². The Bertz CT molecular complexity index is 904. The van der Waals surface area contributed by atoms with Crippen LogP contribution in [-0.2, 0) is 9.53 Å². The highest BCUT2D eigenvalue weighted by Gasteiger charge is 2.48. The van der Waals surface area contributed by atoms with Gasteiger partial charge in [-0.1, -0.05) is 42.5 Å². The van der Waals surface area contributed by atoms with Gasteiger partial charge in [0.1, 0.15) is 0 Å². The first-order valence-electron chi connectivity index (χ1n) is 10.2. The number of benzene rings is 2. The van der Waals surface area contributed by atoms with Crippen LogP contribution < -0.4 is 10.6 Å². The van der Waals surface area contributed by atoms with Crippen LogP contribution in [-0.4, -0.2) is 48.8 Å². The summed E-state index contributed by atoms with van der Waals surface area (Å²) < 4.78 is 5.75. The molecule has 2 aromatic rings. The second-order valence-electron chi connectivity index (χ2n) is 7.97. The van der Waals surface area contributed by atoms with Gasteiger partial charge in [-0.15, -0.1) is 0 Å². The van der Waals surface area contributed by atoms with E-state index in [0.29, 0.717) is 6.54 Å². The van der Waals surface area contributed by atoms with Gasteiger partial charge >= 0.3 is 6.03 Å². The lowest BCUT2D eigenvalue weighted by atomic mass is 9.76. The Morgan fingerprint density at radius 2 is 1.93 bits per heavy atom. The van der Waals surface area contributed by atoms with Gasteiger partial charge in [0.25, 0.3) is 0 Å². The van der Waals surface area contributed by atoms with Gasteiger partial charge in [-0.2, -0.15) is 0 Å². The zero-order valence-electron chi connectivity index (χ0n) is 15.8. The van der Waals surface area contributed by atoms with E-state index in [1.807, 2.05) is 12.1 Å². The van der Waals surface area contributed by atoms with Crippen LogP contribution in [0, 0.1) is 5.92 Å². The van der Waals surface area contributed by atoms with Crippen molar-refractivity contribution in [2.24, 2.45) is 5.92 Å². The van der Waals surface area contributed by atoms with Crippen LogP contribution in [0.1, 0.15) is 30.7 Å². The van der Waals surface area contributed by atoms with Crippen molar-refractivity contribution in [1.29, 1.82) is 0 Å². The van der Waals surface area contributed by atoms with Gasteiger partial charge in [0, 0.05) is 12.5 Å². The summed E-state index contributed by atoms with van der Waals surface area (Å²) in [5.41, 5.74) is 1.19. The molecule has 5 rings (SSSR count). The molecule has 3 fully saturated rings. The third kappa shape index (κ3) is 2.97. The van der Waals surface area contributed by atoms with Gasteiger partial charge in [0.15, 0.2) is 0 Å². The van der Waals surface area contributed by atoms with E-state index in [1.165, 1.54) is 16.3 Å². The minimum Gasteiger partial charge on any atom is -0.376 e. The van der Waals surface area contributed by atoms with Gasteiger partial charge in [-0.3, -0.25) is 15.4 Å². The summed E-state index contributed by atoms with van der Waals surface area (Å²) in [6, 6.07) is 14.3. The number of nitrogens with one attached hydrogen (secondary N) is 2. The summed E-state index contributed by atoms with van der Waals surface area (Å²) >= 11 is 0. The third-order valence-electron chi connectivity index (χ3n) is 6.36. The Morgan fingerprint density at radius 3 is 2.79 bits per heavy atom. The second kappa shape index (κ2) is 7.18. The first-order chi connectivity index (χ1) is 13.7. The molecule has 0 aromatic heterocycles. The minimum atomic E-state index is -0.312. The van der Waals surface area contributed by atoms with E-state index >= 15 is 0 Å². The number of hydrogen-bond acceptors (Lipinski definition) is 4. The molecule has 0 spiro atoms. The lowest BCUT2D eigenvalue weighted by Crippen LogP contribution is -2.68. The number of nitrogens with zero attached hydrogens (tertiary/aromatic N) is 1. The molecule has 146 valence electrons. The molecule has 4 unspecified atom stereocenters. The number of hydrogen-bond donors (Lipinski definition) is 2. The van der Waals surface area contributed by atoms with Gasteiger partial charge in [-0.05, 0) is 42.1 Å². The van der Waals surface area contributed by atoms with E-state index in [0.717, 1.165) is 32.4 Å². The Morgan fingerprint density at radius 1 is 1.07 bits per heavy atom. The van der Waals surface area contributed by atoms with Crippen molar-refractivity contribution in [3.05, 3.63) is 48.0 Å². The smallest absolute Gasteiger partial charge is 0.325 e. The monoisotopic (exact) mass is 379 g/mol. The Hall–Kier alpha value is -2.44. The molecular weight excluding hydrogens is 354 g/mol. The van der Waals surface area contributed by atoms with Gasteiger partial charge in [-0.25, -0.2) is 4.79 Å². The van der Waals surface area contributed by atoms with Gasteiger partial charge in [0.2, 0.25) is 5.91 Å². The molecule has 3 saturated heterocycles. The van der Waals surface area contributed by atoms with E-state index in [-0.39, 0.29) is 36.0 Å². The molecule has 3 aliphatic rings. The molecule has 2 aromatic carbocycles. The third-order valence-corrected chi connectivity index (χ3v) is 6.36. The minimum absolute atomic E-state index is 0.0549. The predicted octanol–water partition coefficient (Wildman–Crippen LogP) is 2.59. The van der Waals surface area contributed by atoms with Crippen LogP contribution in [0.25, 0.3) is 10.8 Å². The van der Waals surface area contributed by atoms with E-state index in [2.05, 4.69) is 41.0 Å². The summed E-state index contributed by atoms with van der Waals surface area (Å²) in [6.45, 7) is 2.05. The standard InChI is InChI=1S/C22H25N3O3/c26-21-19-18(17-9-3-6-14-5-1-2-8-16(14)17)10-11-23-20(19)25(22(27)24-21)13-15-7-4-12-28-15/h1-3,5-6,8-9,15,18-20,23H,4,7,10-13H2,(H,24,26,27). The highest BCUT2D eigenvalue weighted by atomic mass is 16.5. The van der Waals surface area contributed by atoms with Crippen LogP contribution in [0.4, 0.5) is 4.79 Å². The molecule has 0 radical (unpaired) electrons. The highest BCUT2D eigenvalue weighted by molar-refractivity contribution is 5.99. The number of rotatable bonds is 3. The Kier molecular flexibility index (Phi) is 4.53. The number of piperidine rings is 1. The van der Waals surface area contributed by atoms with Crippen molar-refractivity contribution >= 4 is 22.7 Å². The summed E-state index contributed by atoms with van der Waals surface area (Å²) in [5.74, 6) is -0.417. The molecular formula is C22H25N3O3. The maximum atomic E-state index is 12.9. The molecule has 3 aliphatic heterocycles. The van der Waals surface area contributed by atoms with Gasteiger partial charge < -0.3 is 9.64 Å². The van der Waals surface area contributed by atoms with Crippen molar-refractivity contribution in [3.8, 4) is 0 Å². The average Bonchev–Trinajstić information content (AvgIpc) is 3.23. The van der Waals surface area contributed by atoms with E-state index in [1.54, 1.807) is 4.90 Å². The van der Waals surface area contributed by atoms with Crippen LogP contribution >= 0.6 is 0 Å². The molecule has 28 heavy (non-hydrogen) atoms. The van der Waals surface area contributed by atoms with Crippen molar-refractivity contribution in [3.63, 3.8) is 0 Å². The molecule has 2 N–H and O–H groups in total. The average molecular weight is 379 g/mol. The van der Waals surface area contributed by atoms with Crippen molar-refractivity contribution in [1.82, 2.24) is 15.5 Å². The number of ether oxygens (including phenoxy) is 1. The molecule has 6 heteroatoms. The predicted molar refractivity (Wildman–Crippen MR) is 106 cm³/mol. The number of urea groups is 1. The molecule has 3 amide bonds. The number of imide groups is 1. The number of amides is 3. The number of carbonyl (C=O) groups excluding carboxylic acids is 2. The number of carbonyl (C=O) groups is 2. The topological polar surface area (TPSA) is 70.7 Å². The van der Waals surface area contributed by atoms with E-state index in [9.17, 15) is 9.59 Å². The van der Waals surface area contributed by atoms with Crippen LogP contribution in [0.5, 0.6) is 0 Å². The Balaban J connectivity index is 1.50.